The Morgan fingerprint density at radius 1 is 1.41 bits per heavy atom. The van der Waals surface area contributed by atoms with E-state index in [1.54, 1.807) is 0 Å². The maximum Gasteiger partial charge on any atom is 0.306 e. The molecule has 1 saturated heterocycles. The van der Waals surface area contributed by atoms with Gasteiger partial charge in [-0.15, -0.1) is 0 Å². The van der Waals surface area contributed by atoms with E-state index >= 15 is 0 Å². The van der Waals surface area contributed by atoms with Crippen LogP contribution >= 0.6 is 0 Å². The lowest BCUT2D eigenvalue weighted by atomic mass is 9.64. The van der Waals surface area contributed by atoms with Crippen LogP contribution in [0, 0.1) is 17.3 Å². The van der Waals surface area contributed by atoms with E-state index in [0.29, 0.717) is 11.3 Å². The van der Waals surface area contributed by atoms with Crippen molar-refractivity contribution in [2.75, 3.05) is 13.1 Å². The summed E-state index contributed by atoms with van der Waals surface area (Å²) >= 11 is 0. The molecule has 0 radical (unpaired) electrons. The van der Waals surface area contributed by atoms with Gasteiger partial charge in [-0.2, -0.15) is 0 Å². The molecule has 1 spiro atoms. The van der Waals surface area contributed by atoms with Gasteiger partial charge in [0.25, 0.3) is 0 Å². The van der Waals surface area contributed by atoms with Crippen LogP contribution in [0.3, 0.4) is 0 Å². The Labute approximate surface area is 104 Å². The molecule has 1 aliphatic heterocycles. The second-order valence-electron chi connectivity index (χ2n) is 5.97. The molecule has 1 atom stereocenters. The molecule has 0 aromatic rings. The zero-order valence-corrected chi connectivity index (χ0v) is 10.9. The molecule has 2 rings (SSSR count). The van der Waals surface area contributed by atoms with Gasteiger partial charge in [0.2, 0.25) is 0 Å². The predicted molar refractivity (Wildman–Crippen MR) is 67.9 cm³/mol. The number of carbonyl (C=O) groups is 1. The van der Waals surface area contributed by atoms with Gasteiger partial charge >= 0.3 is 5.97 Å². The average Bonchev–Trinajstić information content (AvgIpc) is 2.33. The highest BCUT2D eigenvalue weighted by Gasteiger charge is 2.39. The summed E-state index contributed by atoms with van der Waals surface area (Å²) in [5.41, 5.74) is 0.506. The number of carboxylic acid groups (broad SMARTS) is 1. The van der Waals surface area contributed by atoms with Crippen molar-refractivity contribution in [1.82, 2.24) is 5.32 Å². The maximum absolute atomic E-state index is 11.2. The molecule has 0 aromatic heterocycles. The quantitative estimate of drug-likeness (QED) is 0.796. The molecule has 1 saturated carbocycles. The lowest BCUT2D eigenvalue weighted by Crippen LogP contribution is -2.43. The minimum Gasteiger partial charge on any atom is -0.481 e. The SMILES string of the molecule is CCC(C(=O)O)C1CCC2(CCCNC2)CC1. The van der Waals surface area contributed by atoms with E-state index < -0.39 is 5.97 Å². The van der Waals surface area contributed by atoms with Crippen LogP contribution in [-0.2, 0) is 4.79 Å². The molecular formula is C14H25NO2. The molecule has 0 aromatic carbocycles. The molecule has 1 unspecified atom stereocenters. The molecule has 2 N–H and O–H groups in total. The van der Waals surface area contributed by atoms with Crippen LogP contribution in [0.25, 0.3) is 0 Å². The second kappa shape index (κ2) is 5.38. The molecule has 3 nitrogen and oxygen atoms in total. The van der Waals surface area contributed by atoms with Crippen LogP contribution in [-0.4, -0.2) is 24.2 Å². The van der Waals surface area contributed by atoms with Gasteiger partial charge in [0.05, 0.1) is 5.92 Å². The molecule has 1 heterocycles. The zero-order chi connectivity index (χ0) is 12.3. The largest absolute Gasteiger partial charge is 0.481 e. The highest BCUT2D eigenvalue weighted by atomic mass is 16.4. The normalized spacial score (nSPS) is 35.7. The third-order valence-corrected chi connectivity index (χ3v) is 4.98. The van der Waals surface area contributed by atoms with Gasteiger partial charge < -0.3 is 10.4 Å². The van der Waals surface area contributed by atoms with Crippen molar-refractivity contribution < 1.29 is 9.90 Å². The molecular weight excluding hydrogens is 214 g/mol. The summed E-state index contributed by atoms with van der Waals surface area (Å²) < 4.78 is 0. The van der Waals surface area contributed by atoms with E-state index in [0.717, 1.165) is 32.4 Å². The number of aliphatic carboxylic acids is 1. The first-order valence-corrected chi connectivity index (χ1v) is 7.10. The fraction of sp³-hybridized carbons (Fsp3) is 0.929. The minimum atomic E-state index is -0.588. The Morgan fingerprint density at radius 3 is 2.59 bits per heavy atom. The first kappa shape index (κ1) is 12.9. The van der Waals surface area contributed by atoms with Crippen LogP contribution < -0.4 is 5.32 Å². The van der Waals surface area contributed by atoms with Gasteiger partial charge in [0.15, 0.2) is 0 Å². The van der Waals surface area contributed by atoms with E-state index in [1.807, 2.05) is 6.92 Å². The second-order valence-corrected chi connectivity index (χ2v) is 5.97. The van der Waals surface area contributed by atoms with Gasteiger partial charge in [-0.25, -0.2) is 0 Å². The smallest absolute Gasteiger partial charge is 0.306 e. The van der Waals surface area contributed by atoms with Crippen molar-refractivity contribution in [3.05, 3.63) is 0 Å². The van der Waals surface area contributed by atoms with Gasteiger partial charge in [0, 0.05) is 6.54 Å². The molecule has 98 valence electrons. The fourth-order valence-corrected chi connectivity index (χ4v) is 3.82. The van der Waals surface area contributed by atoms with Crippen molar-refractivity contribution in [3.8, 4) is 0 Å². The monoisotopic (exact) mass is 239 g/mol. The van der Waals surface area contributed by atoms with Crippen molar-refractivity contribution in [1.29, 1.82) is 0 Å². The van der Waals surface area contributed by atoms with Crippen molar-refractivity contribution in [3.63, 3.8) is 0 Å². The standard InChI is InChI=1S/C14H25NO2/c1-2-12(13(16)17)11-4-7-14(8-5-11)6-3-9-15-10-14/h11-12,15H,2-10H2,1H3,(H,16,17). The van der Waals surface area contributed by atoms with Crippen molar-refractivity contribution in [2.24, 2.45) is 17.3 Å². The van der Waals surface area contributed by atoms with E-state index in [9.17, 15) is 9.90 Å². The predicted octanol–water partition coefficient (Wildman–Crippen LogP) is 2.66. The maximum atomic E-state index is 11.2. The first-order chi connectivity index (χ1) is 8.17. The highest BCUT2D eigenvalue weighted by Crippen LogP contribution is 2.45. The van der Waals surface area contributed by atoms with E-state index in [2.05, 4.69) is 5.32 Å². The summed E-state index contributed by atoms with van der Waals surface area (Å²) in [7, 11) is 0. The Balaban J connectivity index is 1.90. The number of nitrogens with one attached hydrogen (secondary N) is 1. The topological polar surface area (TPSA) is 49.3 Å². The fourth-order valence-electron chi connectivity index (χ4n) is 3.82. The Kier molecular flexibility index (Phi) is 4.08. The summed E-state index contributed by atoms with van der Waals surface area (Å²) in [5.74, 6) is -0.274. The molecule has 0 bridgehead atoms. The van der Waals surface area contributed by atoms with Crippen LogP contribution in [0.15, 0.2) is 0 Å². The lowest BCUT2D eigenvalue weighted by molar-refractivity contribution is -0.144. The zero-order valence-electron chi connectivity index (χ0n) is 10.9. The molecule has 3 heteroatoms. The van der Waals surface area contributed by atoms with Gasteiger partial charge in [-0.1, -0.05) is 6.92 Å². The van der Waals surface area contributed by atoms with Gasteiger partial charge in [-0.3, -0.25) is 4.79 Å². The number of hydrogen-bond donors (Lipinski definition) is 2. The molecule has 2 fully saturated rings. The van der Waals surface area contributed by atoms with E-state index in [4.69, 9.17) is 0 Å². The Morgan fingerprint density at radius 2 is 2.12 bits per heavy atom. The minimum absolute atomic E-state index is 0.108. The average molecular weight is 239 g/mol. The number of hydrogen-bond acceptors (Lipinski definition) is 2. The molecule has 2 aliphatic rings. The van der Waals surface area contributed by atoms with Crippen molar-refractivity contribution in [2.45, 2.75) is 51.9 Å². The Hall–Kier alpha value is -0.570. The lowest BCUT2D eigenvalue weighted by Gasteiger charge is -2.44. The summed E-state index contributed by atoms with van der Waals surface area (Å²) in [6.45, 7) is 4.33. The van der Waals surface area contributed by atoms with Gasteiger partial charge in [-0.05, 0) is 62.8 Å². The van der Waals surface area contributed by atoms with Crippen LogP contribution in [0.4, 0.5) is 0 Å². The van der Waals surface area contributed by atoms with Crippen LogP contribution in [0.2, 0.25) is 0 Å². The third kappa shape index (κ3) is 2.82. The Bertz CT molecular complexity index is 261. The number of rotatable bonds is 3. The van der Waals surface area contributed by atoms with Crippen LogP contribution in [0.1, 0.15) is 51.9 Å². The van der Waals surface area contributed by atoms with E-state index in [1.165, 1.54) is 25.7 Å². The van der Waals surface area contributed by atoms with Gasteiger partial charge in [0.1, 0.15) is 0 Å². The molecule has 0 amide bonds. The molecule has 1 aliphatic carbocycles. The number of piperidine rings is 1. The third-order valence-electron chi connectivity index (χ3n) is 4.98. The summed E-state index contributed by atoms with van der Waals surface area (Å²) in [5, 5.41) is 12.7. The number of carboxylic acids is 1. The highest BCUT2D eigenvalue weighted by molar-refractivity contribution is 5.70. The molecule has 17 heavy (non-hydrogen) atoms. The van der Waals surface area contributed by atoms with E-state index in [-0.39, 0.29) is 5.92 Å². The summed E-state index contributed by atoms with van der Waals surface area (Å²) in [6.07, 6.45) is 8.12. The summed E-state index contributed by atoms with van der Waals surface area (Å²) in [6, 6.07) is 0. The van der Waals surface area contributed by atoms with Crippen LogP contribution in [0.5, 0.6) is 0 Å². The first-order valence-electron chi connectivity index (χ1n) is 7.10. The van der Waals surface area contributed by atoms with Crippen molar-refractivity contribution >= 4 is 5.97 Å². The summed E-state index contributed by atoms with van der Waals surface area (Å²) in [4.78, 5) is 11.2.